The van der Waals surface area contributed by atoms with Crippen molar-refractivity contribution in [3.05, 3.63) is 11.9 Å². The fourth-order valence-corrected chi connectivity index (χ4v) is 1.20. The predicted octanol–water partition coefficient (Wildman–Crippen LogP) is -1.65. The molecule has 5 N–H and O–H groups in total. The van der Waals surface area contributed by atoms with Crippen LogP contribution in [0.5, 0.6) is 0 Å². The topological polar surface area (TPSA) is 137 Å². The molecule has 8 nitrogen and oxygen atoms in total. The van der Waals surface area contributed by atoms with Crippen LogP contribution < -0.4 is 11.5 Å². The molecule has 0 aromatic carbocycles. The van der Waals surface area contributed by atoms with Crippen molar-refractivity contribution in [1.82, 2.24) is 15.0 Å². The molecule has 1 heterocycles. The Morgan fingerprint density at radius 2 is 2.24 bits per heavy atom. The summed E-state index contributed by atoms with van der Waals surface area (Å²) in [5, 5.41) is 16.2. The second-order valence-corrected chi connectivity index (χ2v) is 3.88. The lowest BCUT2D eigenvalue weighted by Gasteiger charge is -2.05. The minimum Gasteiger partial charge on any atom is -0.480 e. The third-order valence-corrected chi connectivity index (χ3v) is 2.28. The third-order valence-electron chi connectivity index (χ3n) is 2.28. The van der Waals surface area contributed by atoms with Crippen LogP contribution in [-0.2, 0) is 22.6 Å². The first-order valence-electron chi connectivity index (χ1n) is 5.07. The van der Waals surface area contributed by atoms with E-state index in [4.69, 9.17) is 16.6 Å². The van der Waals surface area contributed by atoms with Gasteiger partial charge in [0, 0.05) is 12.6 Å². The van der Waals surface area contributed by atoms with Crippen LogP contribution in [0.2, 0.25) is 0 Å². The van der Waals surface area contributed by atoms with E-state index in [1.807, 2.05) is 0 Å². The molecule has 1 aromatic heterocycles. The Morgan fingerprint density at radius 3 is 2.76 bits per heavy atom. The largest absolute Gasteiger partial charge is 0.480 e. The molecule has 17 heavy (non-hydrogen) atoms. The standard InChI is InChI=1S/C9H15N5O3/c1-5(8(11)15)3-14-4-6(12-13-14)2-7(10)9(16)17/h4-5,7H,2-3,10H2,1H3,(H2,11,15)(H,16,17). The molecule has 1 amide bonds. The van der Waals surface area contributed by atoms with Crippen molar-refractivity contribution in [2.45, 2.75) is 25.9 Å². The molecule has 0 aliphatic rings. The van der Waals surface area contributed by atoms with Gasteiger partial charge in [0.05, 0.1) is 18.2 Å². The zero-order chi connectivity index (χ0) is 13.0. The van der Waals surface area contributed by atoms with Gasteiger partial charge in [0.1, 0.15) is 6.04 Å². The molecule has 0 bridgehead atoms. The van der Waals surface area contributed by atoms with Gasteiger partial charge in [-0.05, 0) is 0 Å². The first-order valence-corrected chi connectivity index (χ1v) is 5.07. The Morgan fingerprint density at radius 1 is 1.59 bits per heavy atom. The SMILES string of the molecule is CC(Cn1cc(CC(N)C(=O)O)nn1)C(N)=O. The molecule has 8 heteroatoms. The Balaban J connectivity index is 2.59. The number of hydrogen-bond donors (Lipinski definition) is 3. The van der Waals surface area contributed by atoms with E-state index in [1.54, 1.807) is 13.1 Å². The number of amides is 1. The van der Waals surface area contributed by atoms with Crippen molar-refractivity contribution >= 4 is 11.9 Å². The molecular weight excluding hydrogens is 226 g/mol. The van der Waals surface area contributed by atoms with Crippen molar-refractivity contribution in [1.29, 1.82) is 0 Å². The molecule has 0 spiro atoms. The number of carboxylic acids is 1. The number of carbonyl (C=O) groups is 2. The summed E-state index contributed by atoms with van der Waals surface area (Å²) in [7, 11) is 0. The average Bonchev–Trinajstić information content (AvgIpc) is 2.65. The predicted molar refractivity (Wildman–Crippen MR) is 57.7 cm³/mol. The number of hydrogen-bond acceptors (Lipinski definition) is 5. The molecule has 2 atom stereocenters. The van der Waals surface area contributed by atoms with Gasteiger partial charge in [0.2, 0.25) is 5.91 Å². The van der Waals surface area contributed by atoms with Crippen molar-refractivity contribution in [3.8, 4) is 0 Å². The maximum Gasteiger partial charge on any atom is 0.320 e. The quantitative estimate of drug-likeness (QED) is 0.545. The zero-order valence-electron chi connectivity index (χ0n) is 9.41. The van der Waals surface area contributed by atoms with E-state index in [2.05, 4.69) is 10.3 Å². The summed E-state index contributed by atoms with van der Waals surface area (Å²) in [5.74, 6) is -1.88. The normalized spacial score (nSPS) is 14.2. The number of aromatic nitrogens is 3. The average molecular weight is 241 g/mol. The molecule has 94 valence electrons. The first-order chi connectivity index (χ1) is 7.90. The summed E-state index contributed by atoms with van der Waals surface area (Å²) in [5.41, 5.74) is 10.9. The van der Waals surface area contributed by atoms with Crippen LogP contribution in [0.3, 0.4) is 0 Å². The molecule has 1 aromatic rings. The minimum absolute atomic E-state index is 0.0975. The van der Waals surface area contributed by atoms with Crippen LogP contribution in [0.25, 0.3) is 0 Å². The number of rotatable bonds is 6. The summed E-state index contributed by atoms with van der Waals surface area (Å²) < 4.78 is 1.44. The van der Waals surface area contributed by atoms with Gasteiger partial charge in [-0.1, -0.05) is 12.1 Å². The van der Waals surface area contributed by atoms with Crippen LogP contribution in [0.15, 0.2) is 6.20 Å². The lowest BCUT2D eigenvalue weighted by molar-refractivity contribution is -0.138. The van der Waals surface area contributed by atoms with Crippen LogP contribution in [-0.4, -0.2) is 38.0 Å². The molecule has 0 radical (unpaired) electrons. The number of carbonyl (C=O) groups excluding carboxylic acids is 1. The van der Waals surface area contributed by atoms with Gasteiger partial charge in [-0.15, -0.1) is 5.10 Å². The lowest BCUT2D eigenvalue weighted by atomic mass is 10.1. The van der Waals surface area contributed by atoms with E-state index >= 15 is 0 Å². The van der Waals surface area contributed by atoms with E-state index in [-0.39, 0.29) is 12.3 Å². The Bertz CT molecular complexity index is 380. The van der Waals surface area contributed by atoms with Crippen molar-refractivity contribution in [2.75, 3.05) is 0 Å². The van der Waals surface area contributed by atoms with Crippen molar-refractivity contribution in [3.63, 3.8) is 0 Å². The van der Waals surface area contributed by atoms with E-state index in [0.29, 0.717) is 12.2 Å². The fraction of sp³-hybridized carbons (Fsp3) is 0.556. The highest BCUT2D eigenvalue weighted by Crippen LogP contribution is 2.02. The van der Waals surface area contributed by atoms with E-state index < -0.39 is 17.9 Å². The van der Waals surface area contributed by atoms with Crippen LogP contribution in [0.1, 0.15) is 12.6 Å². The van der Waals surface area contributed by atoms with E-state index in [9.17, 15) is 9.59 Å². The van der Waals surface area contributed by atoms with Crippen LogP contribution in [0.4, 0.5) is 0 Å². The summed E-state index contributed by atoms with van der Waals surface area (Å²) in [6.45, 7) is 1.98. The maximum absolute atomic E-state index is 10.8. The Kier molecular flexibility index (Phi) is 4.16. The van der Waals surface area contributed by atoms with E-state index in [1.165, 1.54) is 4.68 Å². The first kappa shape index (κ1) is 13.1. The molecule has 0 aliphatic carbocycles. The molecule has 0 fully saturated rings. The smallest absolute Gasteiger partial charge is 0.320 e. The maximum atomic E-state index is 10.8. The lowest BCUT2D eigenvalue weighted by Crippen LogP contribution is -2.32. The highest BCUT2D eigenvalue weighted by molar-refractivity contribution is 5.76. The van der Waals surface area contributed by atoms with Crippen LogP contribution in [0, 0.1) is 5.92 Å². The highest BCUT2D eigenvalue weighted by atomic mass is 16.4. The second kappa shape index (κ2) is 5.39. The molecule has 0 aliphatic heterocycles. The highest BCUT2D eigenvalue weighted by Gasteiger charge is 2.15. The van der Waals surface area contributed by atoms with Gasteiger partial charge in [0.25, 0.3) is 0 Å². The number of nitrogens with zero attached hydrogens (tertiary/aromatic N) is 3. The van der Waals surface area contributed by atoms with Crippen molar-refractivity contribution in [2.24, 2.45) is 17.4 Å². The molecule has 0 saturated heterocycles. The fourth-order valence-electron chi connectivity index (χ4n) is 1.20. The molecule has 1 rings (SSSR count). The van der Waals surface area contributed by atoms with E-state index in [0.717, 1.165) is 0 Å². The Hall–Kier alpha value is -1.96. The number of primary amides is 1. The van der Waals surface area contributed by atoms with Gasteiger partial charge in [-0.25, -0.2) is 0 Å². The minimum atomic E-state index is -1.09. The number of carboxylic acid groups (broad SMARTS) is 1. The zero-order valence-corrected chi connectivity index (χ0v) is 9.41. The van der Waals surface area contributed by atoms with Crippen LogP contribution >= 0.6 is 0 Å². The second-order valence-electron chi connectivity index (χ2n) is 3.88. The summed E-state index contributed by atoms with van der Waals surface area (Å²) in [6, 6.07) is -1.01. The molecule has 2 unspecified atom stereocenters. The van der Waals surface area contributed by atoms with Crippen molar-refractivity contribution < 1.29 is 14.7 Å². The molecule has 0 saturated carbocycles. The summed E-state index contributed by atoms with van der Waals surface area (Å²) in [4.78, 5) is 21.4. The Labute approximate surface area is 97.6 Å². The van der Waals surface area contributed by atoms with Gasteiger partial charge in [-0.3, -0.25) is 14.3 Å². The van der Waals surface area contributed by atoms with Gasteiger partial charge < -0.3 is 16.6 Å². The summed E-state index contributed by atoms with van der Waals surface area (Å²) in [6.07, 6.45) is 1.66. The number of aliphatic carboxylic acids is 1. The van der Waals surface area contributed by atoms with Gasteiger partial charge in [-0.2, -0.15) is 0 Å². The molecular formula is C9H15N5O3. The monoisotopic (exact) mass is 241 g/mol. The summed E-state index contributed by atoms with van der Waals surface area (Å²) >= 11 is 0. The third kappa shape index (κ3) is 3.83. The van der Waals surface area contributed by atoms with Gasteiger partial charge in [0.15, 0.2) is 0 Å². The van der Waals surface area contributed by atoms with Gasteiger partial charge >= 0.3 is 5.97 Å². The number of nitrogens with two attached hydrogens (primary N) is 2.